The highest BCUT2D eigenvalue weighted by Gasteiger charge is 2.42. The van der Waals surface area contributed by atoms with Crippen molar-refractivity contribution >= 4 is 35.4 Å². The van der Waals surface area contributed by atoms with E-state index >= 15 is 0 Å². The van der Waals surface area contributed by atoms with Crippen LogP contribution in [0.5, 0.6) is 0 Å². The van der Waals surface area contributed by atoms with Crippen molar-refractivity contribution in [1.29, 1.82) is 0 Å². The van der Waals surface area contributed by atoms with Crippen LogP contribution in [0, 0.1) is 5.92 Å². The van der Waals surface area contributed by atoms with E-state index in [1.165, 1.54) is 19.3 Å². The normalized spacial score (nSPS) is 23.5. The average Bonchev–Trinajstić information content (AvgIpc) is 3.68. The highest BCUT2D eigenvalue weighted by Crippen LogP contribution is 2.33. The van der Waals surface area contributed by atoms with E-state index in [0.29, 0.717) is 31.2 Å². The Morgan fingerprint density at radius 2 is 1.64 bits per heavy atom. The van der Waals surface area contributed by atoms with E-state index < -0.39 is 0 Å². The van der Waals surface area contributed by atoms with Crippen molar-refractivity contribution in [2.45, 2.75) is 121 Å². The number of carbonyl (C=O) groups excluding carboxylic acids is 4. The monoisotopic (exact) mass is 626 g/mol. The highest BCUT2D eigenvalue weighted by molar-refractivity contribution is 8.00. The number of amides is 4. The van der Waals surface area contributed by atoms with Crippen molar-refractivity contribution in [3.05, 3.63) is 48.1 Å². The summed E-state index contributed by atoms with van der Waals surface area (Å²) in [7, 11) is 0. The van der Waals surface area contributed by atoms with Crippen LogP contribution in [-0.2, 0) is 14.4 Å². The van der Waals surface area contributed by atoms with Gasteiger partial charge in [0.05, 0.1) is 12.1 Å². The molecular weight excluding hydrogens is 572 g/mol. The van der Waals surface area contributed by atoms with Gasteiger partial charge in [-0.2, -0.15) is 11.8 Å². The van der Waals surface area contributed by atoms with Crippen molar-refractivity contribution in [3.8, 4) is 0 Å². The zero-order valence-corrected chi connectivity index (χ0v) is 27.4. The minimum Gasteiger partial charge on any atom is -0.356 e. The molecule has 0 spiro atoms. The number of nitrogens with one attached hydrogen (secondary N) is 4. The molecule has 8 nitrogen and oxygen atoms in total. The van der Waals surface area contributed by atoms with Crippen molar-refractivity contribution in [3.63, 3.8) is 0 Å². The molecule has 244 valence electrons. The van der Waals surface area contributed by atoms with Crippen molar-refractivity contribution in [2.24, 2.45) is 5.92 Å². The second-order valence-corrected chi connectivity index (χ2v) is 13.4. The number of ketones is 1. The lowest BCUT2D eigenvalue weighted by atomic mass is 9.97. The summed E-state index contributed by atoms with van der Waals surface area (Å²) in [6.45, 7) is 3.55. The lowest BCUT2D eigenvalue weighted by Crippen LogP contribution is -2.36. The molecule has 3 aliphatic rings. The van der Waals surface area contributed by atoms with Crippen LogP contribution in [0.15, 0.2) is 48.1 Å². The van der Waals surface area contributed by atoms with E-state index in [4.69, 9.17) is 0 Å². The van der Waals surface area contributed by atoms with E-state index in [1.807, 2.05) is 30.0 Å². The zero-order valence-electron chi connectivity index (χ0n) is 26.6. The Morgan fingerprint density at radius 1 is 0.886 bits per heavy atom. The Kier molecular flexibility index (Phi) is 17.0. The van der Waals surface area contributed by atoms with Gasteiger partial charge in [0.25, 0.3) is 0 Å². The second-order valence-electron chi connectivity index (χ2n) is 12.1. The maximum atomic E-state index is 12.2. The molecule has 2 saturated heterocycles. The minimum atomic E-state index is -0.0521. The van der Waals surface area contributed by atoms with Crippen LogP contribution < -0.4 is 21.3 Å². The average molecular weight is 627 g/mol. The van der Waals surface area contributed by atoms with Crippen LogP contribution in [0.4, 0.5) is 4.79 Å². The van der Waals surface area contributed by atoms with E-state index in [9.17, 15) is 19.2 Å². The fourth-order valence-electron chi connectivity index (χ4n) is 5.85. The molecule has 0 unspecified atom stereocenters. The maximum Gasteiger partial charge on any atom is 0.315 e. The first-order chi connectivity index (χ1) is 21.5. The summed E-state index contributed by atoms with van der Waals surface area (Å²) < 4.78 is 0. The summed E-state index contributed by atoms with van der Waals surface area (Å²) in [6.07, 6.45) is 28.0. The number of unbranched alkanes of at least 4 members (excludes halogenated alkanes) is 7. The van der Waals surface area contributed by atoms with Gasteiger partial charge in [0, 0.05) is 48.4 Å². The van der Waals surface area contributed by atoms with Crippen molar-refractivity contribution in [1.82, 2.24) is 21.3 Å². The summed E-state index contributed by atoms with van der Waals surface area (Å²) in [5, 5.41) is 12.4. The number of carbonyl (C=O) groups is 4. The van der Waals surface area contributed by atoms with Gasteiger partial charge in [0.15, 0.2) is 5.78 Å². The molecule has 44 heavy (non-hydrogen) atoms. The topological polar surface area (TPSA) is 116 Å². The lowest BCUT2D eigenvalue weighted by molar-refractivity contribution is -0.121. The molecule has 2 heterocycles. The molecule has 0 aromatic heterocycles. The van der Waals surface area contributed by atoms with Crippen LogP contribution in [0.3, 0.4) is 0 Å². The van der Waals surface area contributed by atoms with Crippen molar-refractivity contribution in [2.75, 3.05) is 18.8 Å². The van der Waals surface area contributed by atoms with Crippen LogP contribution in [0.2, 0.25) is 0 Å². The van der Waals surface area contributed by atoms with E-state index in [1.54, 1.807) is 6.08 Å². The molecule has 4 atom stereocenters. The third-order valence-corrected chi connectivity index (χ3v) is 9.97. The summed E-state index contributed by atoms with van der Waals surface area (Å²) >= 11 is 1.91. The molecule has 0 aromatic carbocycles. The molecule has 0 bridgehead atoms. The van der Waals surface area contributed by atoms with Gasteiger partial charge < -0.3 is 21.3 Å². The Labute approximate surface area is 268 Å². The first kappa shape index (κ1) is 35.7. The third kappa shape index (κ3) is 13.4. The van der Waals surface area contributed by atoms with Gasteiger partial charge >= 0.3 is 6.03 Å². The first-order valence-electron chi connectivity index (χ1n) is 16.9. The van der Waals surface area contributed by atoms with E-state index in [0.717, 1.165) is 75.5 Å². The largest absolute Gasteiger partial charge is 0.356 e. The number of hydrogen-bond acceptors (Lipinski definition) is 5. The van der Waals surface area contributed by atoms with Gasteiger partial charge in [-0.05, 0) is 70.3 Å². The number of hydrogen-bond donors (Lipinski definition) is 4. The molecule has 4 amide bonds. The van der Waals surface area contributed by atoms with Crippen LogP contribution >= 0.6 is 11.8 Å². The smallest absolute Gasteiger partial charge is 0.315 e. The summed E-state index contributed by atoms with van der Waals surface area (Å²) in [6, 6.07) is 0.437. The summed E-state index contributed by atoms with van der Waals surface area (Å²) in [4.78, 5) is 47.9. The maximum absolute atomic E-state index is 12.2. The first-order valence-corrected chi connectivity index (χ1v) is 18.0. The number of rotatable bonds is 22. The van der Waals surface area contributed by atoms with Crippen LogP contribution in [0.1, 0.15) is 103 Å². The third-order valence-electron chi connectivity index (χ3n) is 8.46. The van der Waals surface area contributed by atoms with Gasteiger partial charge in [-0.1, -0.05) is 62.6 Å². The highest BCUT2D eigenvalue weighted by atomic mass is 32.2. The molecule has 1 aliphatic carbocycles. The predicted molar refractivity (Wildman–Crippen MR) is 180 cm³/mol. The molecule has 3 rings (SSSR count). The molecular formula is C35H54N4O4S. The number of thioether (sulfide) groups is 1. The minimum absolute atomic E-state index is 0.0521. The van der Waals surface area contributed by atoms with Crippen LogP contribution in [0.25, 0.3) is 0 Å². The zero-order chi connectivity index (χ0) is 31.4. The van der Waals surface area contributed by atoms with E-state index in [2.05, 4.69) is 46.4 Å². The lowest BCUT2D eigenvalue weighted by Gasteiger charge is -2.16. The van der Waals surface area contributed by atoms with Crippen molar-refractivity contribution < 1.29 is 19.2 Å². The van der Waals surface area contributed by atoms with Gasteiger partial charge in [-0.25, -0.2) is 4.79 Å². The number of fused-ring (bicyclic) bond motifs is 1. The number of urea groups is 1. The van der Waals surface area contributed by atoms with Gasteiger partial charge in [-0.3, -0.25) is 14.4 Å². The molecule has 0 saturated carbocycles. The summed E-state index contributed by atoms with van der Waals surface area (Å²) in [5.74, 6) is 1.42. The van der Waals surface area contributed by atoms with Gasteiger partial charge in [0.2, 0.25) is 11.8 Å². The van der Waals surface area contributed by atoms with Crippen LogP contribution in [-0.4, -0.2) is 59.8 Å². The Hall–Kier alpha value is -2.81. The predicted octanol–water partition coefficient (Wildman–Crippen LogP) is 6.05. The Bertz CT molecular complexity index is 1050. The van der Waals surface area contributed by atoms with Gasteiger partial charge in [-0.15, -0.1) is 0 Å². The molecule has 2 fully saturated rings. The Balaban J connectivity index is 1.11. The molecule has 0 aromatic rings. The fraction of sp³-hybridized carbons (Fsp3) is 0.657. The number of allylic oxidation sites excluding steroid dienone is 8. The molecule has 9 heteroatoms. The molecule has 4 N–H and O–H groups in total. The van der Waals surface area contributed by atoms with E-state index in [-0.39, 0.29) is 41.6 Å². The second kappa shape index (κ2) is 21.0. The SMILES string of the molecule is CCCCC/C=C\C=C1\C(=O)C=C[C@H]1C/C=C\CCCC(=O)NCCCCCNC(=O)CCCC[C@H]1SC[C@H]2NC(=O)N[C@@H]21. The summed E-state index contributed by atoms with van der Waals surface area (Å²) in [5.41, 5.74) is 0.867. The fourth-order valence-corrected chi connectivity index (χ4v) is 7.40. The Morgan fingerprint density at radius 3 is 2.41 bits per heavy atom. The molecule has 2 aliphatic heterocycles. The quantitative estimate of drug-likeness (QED) is 0.0506. The standard InChI is InChI=1S/C35H54N4O4S/c1-2-3-4-5-6-11-18-28-27(22-23-30(28)40)17-10-7-8-12-20-32(41)36-24-15-9-16-25-37-33(42)21-14-13-19-31-34-29(26-44-31)38-35(43)39-34/h6-7,10-11,18,22-23,27,29,31,34H,2-5,8-9,12-17,19-21,24-26H2,1H3,(H,36,41)(H,37,42)(H2,38,39,43)/b10-7-,11-6-,28-18+/t27-,29-,31-,34+/m1/s1. The molecule has 0 radical (unpaired) electrons. The van der Waals surface area contributed by atoms with Gasteiger partial charge in [0.1, 0.15) is 0 Å².